The third-order valence-electron chi connectivity index (χ3n) is 4.57. The van der Waals surface area contributed by atoms with E-state index in [0.717, 1.165) is 43.7 Å². The summed E-state index contributed by atoms with van der Waals surface area (Å²) < 4.78 is 0. The Hall–Kier alpha value is -1.59. The van der Waals surface area contributed by atoms with E-state index in [9.17, 15) is 9.59 Å². The Labute approximate surface area is 143 Å². The molecule has 2 N–H and O–H groups in total. The van der Waals surface area contributed by atoms with Gasteiger partial charge in [-0.15, -0.1) is 12.4 Å². The molecule has 2 amide bonds. The van der Waals surface area contributed by atoms with Crippen LogP contribution in [0.4, 0.5) is 5.69 Å². The Balaban J connectivity index is 0.00000192. The van der Waals surface area contributed by atoms with Crippen LogP contribution in [0.5, 0.6) is 0 Å². The molecule has 2 atom stereocenters. The molecule has 0 radical (unpaired) electrons. The lowest BCUT2D eigenvalue weighted by molar-refractivity contribution is -0.125. The van der Waals surface area contributed by atoms with Gasteiger partial charge in [0.05, 0.1) is 12.0 Å². The molecule has 0 bridgehead atoms. The van der Waals surface area contributed by atoms with Crippen LogP contribution in [0, 0.1) is 5.92 Å². The van der Waals surface area contributed by atoms with Gasteiger partial charge < -0.3 is 15.5 Å². The van der Waals surface area contributed by atoms with Crippen molar-refractivity contribution in [1.82, 2.24) is 10.6 Å². The number of nitrogens with zero attached hydrogens (tertiary/aromatic N) is 1. The van der Waals surface area contributed by atoms with Gasteiger partial charge in [0.25, 0.3) is 0 Å². The third-order valence-corrected chi connectivity index (χ3v) is 4.57. The maximum Gasteiger partial charge on any atom is 0.227 e. The molecule has 0 saturated carbocycles. The first kappa shape index (κ1) is 17.8. The van der Waals surface area contributed by atoms with Crippen LogP contribution in [0.3, 0.4) is 0 Å². The van der Waals surface area contributed by atoms with Crippen molar-refractivity contribution in [2.45, 2.75) is 32.2 Å². The van der Waals surface area contributed by atoms with E-state index in [1.807, 2.05) is 36.1 Å². The van der Waals surface area contributed by atoms with Crippen molar-refractivity contribution in [3.8, 4) is 0 Å². The minimum Gasteiger partial charge on any atom is -0.349 e. The first-order chi connectivity index (χ1) is 10.6. The van der Waals surface area contributed by atoms with Gasteiger partial charge in [0.1, 0.15) is 0 Å². The van der Waals surface area contributed by atoms with E-state index in [0.29, 0.717) is 6.42 Å². The highest BCUT2D eigenvalue weighted by Gasteiger charge is 2.24. The summed E-state index contributed by atoms with van der Waals surface area (Å²) in [5.41, 5.74) is 2.01. The Morgan fingerprint density at radius 2 is 2.09 bits per heavy atom. The van der Waals surface area contributed by atoms with E-state index in [1.54, 1.807) is 0 Å². The van der Waals surface area contributed by atoms with E-state index in [-0.39, 0.29) is 36.2 Å². The minimum absolute atomic E-state index is 0. The second-order valence-corrected chi connectivity index (χ2v) is 6.16. The molecule has 2 saturated heterocycles. The molecule has 0 aliphatic carbocycles. The molecule has 2 aliphatic heterocycles. The van der Waals surface area contributed by atoms with Crippen LogP contribution in [-0.2, 0) is 9.59 Å². The number of halogens is 1. The highest BCUT2D eigenvalue weighted by molar-refractivity contribution is 5.95. The van der Waals surface area contributed by atoms with Crippen molar-refractivity contribution in [1.29, 1.82) is 0 Å². The van der Waals surface area contributed by atoms with Gasteiger partial charge in [0.15, 0.2) is 0 Å². The predicted molar refractivity (Wildman–Crippen MR) is 92.8 cm³/mol. The molecule has 2 heterocycles. The summed E-state index contributed by atoms with van der Waals surface area (Å²) in [7, 11) is 0. The van der Waals surface area contributed by atoms with E-state index in [2.05, 4.69) is 10.6 Å². The lowest BCUT2D eigenvalue weighted by Gasteiger charge is -2.19. The third kappa shape index (κ3) is 4.03. The summed E-state index contributed by atoms with van der Waals surface area (Å²) in [5.74, 6) is 0.406. The molecule has 2 aliphatic rings. The number of hydrogen-bond donors (Lipinski definition) is 2. The second-order valence-electron chi connectivity index (χ2n) is 6.16. The zero-order valence-electron chi connectivity index (χ0n) is 13.4. The van der Waals surface area contributed by atoms with Crippen molar-refractivity contribution in [3.05, 3.63) is 29.8 Å². The topological polar surface area (TPSA) is 61.4 Å². The maximum absolute atomic E-state index is 12.1. The van der Waals surface area contributed by atoms with Gasteiger partial charge >= 0.3 is 0 Å². The summed E-state index contributed by atoms with van der Waals surface area (Å²) in [6.45, 7) is 4.50. The molecule has 126 valence electrons. The molecule has 2 fully saturated rings. The van der Waals surface area contributed by atoms with E-state index in [1.165, 1.54) is 0 Å². The summed E-state index contributed by atoms with van der Waals surface area (Å²) >= 11 is 0. The average Bonchev–Trinajstić information content (AvgIpc) is 3.18. The van der Waals surface area contributed by atoms with Gasteiger partial charge in [-0.25, -0.2) is 0 Å². The number of nitrogens with one attached hydrogen (secondary N) is 2. The largest absolute Gasteiger partial charge is 0.349 e. The number of anilines is 1. The zero-order chi connectivity index (χ0) is 15.5. The number of rotatable bonds is 4. The SMILES string of the molecule is CC(NC(=O)C1CCNC1)c1ccc(N2CCCC2=O)cc1.Cl. The van der Waals surface area contributed by atoms with Crippen LogP contribution >= 0.6 is 12.4 Å². The number of benzene rings is 1. The zero-order valence-corrected chi connectivity index (χ0v) is 14.2. The maximum atomic E-state index is 12.1. The van der Waals surface area contributed by atoms with Crippen molar-refractivity contribution in [2.75, 3.05) is 24.5 Å². The Morgan fingerprint density at radius 1 is 1.35 bits per heavy atom. The van der Waals surface area contributed by atoms with Crippen LogP contribution in [-0.4, -0.2) is 31.4 Å². The van der Waals surface area contributed by atoms with Crippen molar-refractivity contribution < 1.29 is 9.59 Å². The molecule has 0 spiro atoms. The summed E-state index contributed by atoms with van der Waals surface area (Å²) in [6, 6.07) is 7.92. The first-order valence-electron chi connectivity index (χ1n) is 8.06. The Bertz CT molecular complexity index is 555. The fraction of sp³-hybridized carbons (Fsp3) is 0.529. The van der Waals surface area contributed by atoms with Crippen LogP contribution in [0.2, 0.25) is 0 Å². The van der Waals surface area contributed by atoms with Gasteiger partial charge in [-0.05, 0) is 44.0 Å². The molecule has 1 aromatic carbocycles. The fourth-order valence-corrected chi connectivity index (χ4v) is 3.16. The highest BCUT2D eigenvalue weighted by atomic mass is 35.5. The summed E-state index contributed by atoms with van der Waals surface area (Å²) in [4.78, 5) is 25.7. The molecule has 5 nitrogen and oxygen atoms in total. The highest BCUT2D eigenvalue weighted by Crippen LogP contribution is 2.23. The normalized spacial score (nSPS) is 21.9. The van der Waals surface area contributed by atoms with Crippen LogP contribution < -0.4 is 15.5 Å². The fourth-order valence-electron chi connectivity index (χ4n) is 3.16. The van der Waals surface area contributed by atoms with Crippen LogP contribution in [0.25, 0.3) is 0 Å². The van der Waals surface area contributed by atoms with E-state index in [4.69, 9.17) is 0 Å². The van der Waals surface area contributed by atoms with Crippen molar-refractivity contribution in [2.24, 2.45) is 5.92 Å². The monoisotopic (exact) mass is 337 g/mol. The van der Waals surface area contributed by atoms with Gasteiger partial charge in [-0.3, -0.25) is 9.59 Å². The van der Waals surface area contributed by atoms with Crippen LogP contribution in [0.1, 0.15) is 37.8 Å². The standard InChI is InChI=1S/C17H23N3O2.ClH/c1-12(19-17(22)14-8-9-18-11-14)13-4-6-15(7-5-13)20-10-2-3-16(20)21;/h4-7,12,14,18H,2-3,8-11H2,1H3,(H,19,22);1H. The van der Waals surface area contributed by atoms with Crippen LogP contribution in [0.15, 0.2) is 24.3 Å². The molecule has 2 unspecified atom stereocenters. The number of hydrogen-bond acceptors (Lipinski definition) is 3. The molecular weight excluding hydrogens is 314 g/mol. The molecule has 1 aromatic rings. The molecule has 23 heavy (non-hydrogen) atoms. The lowest BCUT2D eigenvalue weighted by atomic mass is 10.0. The molecular formula is C17H24ClN3O2. The van der Waals surface area contributed by atoms with Gasteiger partial charge in [0, 0.05) is 25.2 Å². The van der Waals surface area contributed by atoms with Gasteiger partial charge in [0.2, 0.25) is 11.8 Å². The quantitative estimate of drug-likeness (QED) is 0.883. The smallest absolute Gasteiger partial charge is 0.227 e. The molecule has 3 rings (SSSR count). The summed E-state index contributed by atoms with van der Waals surface area (Å²) in [5, 5.41) is 6.29. The minimum atomic E-state index is -0.0172. The molecule has 0 aromatic heterocycles. The van der Waals surface area contributed by atoms with Gasteiger partial charge in [-0.1, -0.05) is 12.1 Å². The second kappa shape index (κ2) is 7.79. The Morgan fingerprint density at radius 3 is 2.65 bits per heavy atom. The number of amides is 2. The van der Waals surface area contributed by atoms with E-state index < -0.39 is 0 Å². The lowest BCUT2D eigenvalue weighted by Crippen LogP contribution is -2.33. The first-order valence-corrected chi connectivity index (χ1v) is 8.06. The summed E-state index contributed by atoms with van der Waals surface area (Å²) in [6.07, 6.45) is 2.49. The van der Waals surface area contributed by atoms with Crippen molar-refractivity contribution in [3.63, 3.8) is 0 Å². The number of carbonyl (C=O) groups excluding carboxylic acids is 2. The molecule has 6 heteroatoms. The van der Waals surface area contributed by atoms with Crippen molar-refractivity contribution >= 4 is 29.9 Å². The number of carbonyl (C=O) groups is 2. The van der Waals surface area contributed by atoms with Gasteiger partial charge in [-0.2, -0.15) is 0 Å². The average molecular weight is 338 g/mol. The Kier molecular flexibility index (Phi) is 6.02. The predicted octanol–water partition coefficient (Wildman–Crippen LogP) is 2.02. The van der Waals surface area contributed by atoms with E-state index >= 15 is 0 Å².